The van der Waals surface area contributed by atoms with Crippen molar-refractivity contribution in [1.82, 2.24) is 0 Å². The Hall–Kier alpha value is -1.23. The first-order chi connectivity index (χ1) is 14.8. The van der Waals surface area contributed by atoms with Crippen LogP contribution in [0.3, 0.4) is 0 Å². The molecule has 164 valence electrons. The Bertz CT molecular complexity index is 985. The number of halogens is 1. The molecule has 2 fully saturated rings. The van der Waals surface area contributed by atoms with Crippen molar-refractivity contribution in [3.63, 3.8) is 0 Å². The number of hydrogen-bond donors (Lipinski definition) is 0. The van der Waals surface area contributed by atoms with Crippen LogP contribution in [0.15, 0.2) is 47.1 Å². The standard InChI is InChI=1S/C28H33IO2/c1-4-17-14-25-23-11-7-19-13-21(31)10-12-22(19)26(23)24(18-5-8-20(29)9-6-18)15-28(25,3)27(17)16(2)30/h5-6,8-9,13,17,23-25,27H,4,7,10-12,14-15H2,1-3H3/t17-,23?,24-,25?,27?,28+/m1/s1. The molecule has 0 amide bonds. The zero-order chi connectivity index (χ0) is 21.9. The quantitative estimate of drug-likeness (QED) is 0.395. The Labute approximate surface area is 200 Å². The van der Waals surface area contributed by atoms with E-state index in [-0.39, 0.29) is 11.3 Å². The zero-order valence-electron chi connectivity index (χ0n) is 18.9. The van der Waals surface area contributed by atoms with E-state index in [1.165, 1.54) is 26.7 Å². The minimum atomic E-state index is 0.0700. The summed E-state index contributed by atoms with van der Waals surface area (Å²) in [6.07, 6.45) is 9.04. The molecule has 4 aliphatic rings. The summed E-state index contributed by atoms with van der Waals surface area (Å²) in [5.74, 6) is 2.91. The van der Waals surface area contributed by atoms with Crippen LogP contribution in [-0.2, 0) is 9.59 Å². The summed E-state index contributed by atoms with van der Waals surface area (Å²) in [6.45, 7) is 6.55. The minimum absolute atomic E-state index is 0.0700. The zero-order valence-corrected chi connectivity index (χ0v) is 21.1. The third-order valence-corrected chi connectivity index (χ3v) is 9.86. The van der Waals surface area contributed by atoms with Gasteiger partial charge in [0.1, 0.15) is 5.78 Å². The first-order valence-electron chi connectivity index (χ1n) is 12.1. The van der Waals surface area contributed by atoms with Gasteiger partial charge >= 0.3 is 0 Å². The average Bonchev–Trinajstić information content (AvgIpc) is 3.05. The molecule has 3 heteroatoms. The van der Waals surface area contributed by atoms with E-state index in [4.69, 9.17) is 0 Å². The second-order valence-electron chi connectivity index (χ2n) is 10.6. The maximum Gasteiger partial charge on any atom is 0.156 e. The van der Waals surface area contributed by atoms with Gasteiger partial charge in [0, 0.05) is 21.8 Å². The molecule has 4 aliphatic carbocycles. The number of allylic oxidation sites excluding steroid dienone is 4. The van der Waals surface area contributed by atoms with Gasteiger partial charge in [0.05, 0.1) is 0 Å². The second-order valence-corrected chi connectivity index (χ2v) is 11.9. The fraction of sp³-hybridized carbons (Fsp3) is 0.571. The highest BCUT2D eigenvalue weighted by Gasteiger charge is 2.60. The molecule has 1 aromatic rings. The van der Waals surface area contributed by atoms with E-state index in [9.17, 15) is 9.59 Å². The third-order valence-electron chi connectivity index (χ3n) is 9.14. The molecule has 3 unspecified atom stereocenters. The van der Waals surface area contributed by atoms with Crippen LogP contribution in [0.5, 0.6) is 0 Å². The molecule has 0 aliphatic heterocycles. The van der Waals surface area contributed by atoms with E-state index in [2.05, 4.69) is 60.7 Å². The molecule has 1 aromatic carbocycles. The monoisotopic (exact) mass is 528 g/mol. The summed E-state index contributed by atoms with van der Waals surface area (Å²) in [7, 11) is 0. The lowest BCUT2D eigenvalue weighted by molar-refractivity contribution is -0.126. The minimum Gasteiger partial charge on any atom is -0.300 e. The molecule has 6 atom stereocenters. The van der Waals surface area contributed by atoms with Crippen LogP contribution >= 0.6 is 22.6 Å². The van der Waals surface area contributed by atoms with Gasteiger partial charge in [0.25, 0.3) is 0 Å². The Morgan fingerprint density at radius 2 is 1.90 bits per heavy atom. The first kappa shape index (κ1) is 21.6. The summed E-state index contributed by atoms with van der Waals surface area (Å²) in [4.78, 5) is 25.1. The lowest BCUT2D eigenvalue weighted by Gasteiger charge is -2.52. The molecular weight excluding hydrogens is 495 g/mol. The predicted molar refractivity (Wildman–Crippen MR) is 133 cm³/mol. The fourth-order valence-corrected chi connectivity index (χ4v) is 8.40. The Morgan fingerprint density at radius 1 is 1.16 bits per heavy atom. The summed E-state index contributed by atoms with van der Waals surface area (Å²) >= 11 is 2.38. The van der Waals surface area contributed by atoms with Crippen molar-refractivity contribution in [3.8, 4) is 0 Å². The predicted octanol–water partition coefficient (Wildman–Crippen LogP) is 7.03. The van der Waals surface area contributed by atoms with Crippen molar-refractivity contribution in [1.29, 1.82) is 0 Å². The van der Waals surface area contributed by atoms with E-state index < -0.39 is 0 Å². The van der Waals surface area contributed by atoms with Crippen molar-refractivity contribution in [3.05, 3.63) is 56.2 Å². The van der Waals surface area contributed by atoms with Gasteiger partial charge in [-0.2, -0.15) is 0 Å². The van der Waals surface area contributed by atoms with Crippen LogP contribution in [0.25, 0.3) is 0 Å². The van der Waals surface area contributed by atoms with Gasteiger partial charge in [-0.3, -0.25) is 9.59 Å². The molecule has 0 bridgehead atoms. The van der Waals surface area contributed by atoms with Gasteiger partial charge in [0.15, 0.2) is 5.78 Å². The molecule has 0 N–H and O–H groups in total. The Kier molecular flexibility index (Phi) is 5.55. The van der Waals surface area contributed by atoms with Crippen molar-refractivity contribution >= 4 is 34.2 Å². The molecule has 0 saturated heterocycles. The van der Waals surface area contributed by atoms with Crippen molar-refractivity contribution in [2.45, 2.75) is 71.6 Å². The van der Waals surface area contributed by atoms with Crippen molar-refractivity contribution < 1.29 is 9.59 Å². The van der Waals surface area contributed by atoms with Crippen LogP contribution in [0, 0.1) is 32.7 Å². The average molecular weight is 528 g/mol. The van der Waals surface area contributed by atoms with E-state index in [0.717, 1.165) is 32.1 Å². The molecule has 0 heterocycles. The molecule has 0 radical (unpaired) electrons. The highest BCUT2D eigenvalue weighted by molar-refractivity contribution is 14.1. The summed E-state index contributed by atoms with van der Waals surface area (Å²) in [6, 6.07) is 9.06. The highest BCUT2D eigenvalue weighted by Crippen LogP contribution is 2.67. The van der Waals surface area contributed by atoms with E-state index in [1.54, 1.807) is 5.57 Å². The second kappa shape index (κ2) is 7.97. The lowest BCUT2D eigenvalue weighted by atomic mass is 9.51. The molecule has 0 aromatic heterocycles. The van der Waals surface area contributed by atoms with Gasteiger partial charge in [0.2, 0.25) is 0 Å². The summed E-state index contributed by atoms with van der Waals surface area (Å²) < 4.78 is 1.26. The number of benzene rings is 1. The van der Waals surface area contributed by atoms with E-state index in [0.29, 0.717) is 41.7 Å². The fourth-order valence-electron chi connectivity index (χ4n) is 8.04. The molecule has 0 spiro atoms. The van der Waals surface area contributed by atoms with E-state index in [1.807, 2.05) is 13.0 Å². The number of carbonyl (C=O) groups is 2. The van der Waals surface area contributed by atoms with Gasteiger partial charge in [-0.25, -0.2) is 0 Å². The normalized spacial score (nSPS) is 37.1. The van der Waals surface area contributed by atoms with E-state index >= 15 is 0 Å². The first-order valence-corrected chi connectivity index (χ1v) is 13.1. The van der Waals surface area contributed by atoms with Crippen molar-refractivity contribution in [2.24, 2.45) is 29.1 Å². The summed E-state index contributed by atoms with van der Waals surface area (Å²) in [5.41, 5.74) is 5.91. The Morgan fingerprint density at radius 3 is 2.58 bits per heavy atom. The van der Waals surface area contributed by atoms with Crippen LogP contribution < -0.4 is 0 Å². The van der Waals surface area contributed by atoms with Gasteiger partial charge in [-0.15, -0.1) is 0 Å². The van der Waals surface area contributed by atoms with Gasteiger partial charge in [-0.1, -0.05) is 38.0 Å². The number of fused-ring (bicyclic) bond motifs is 4. The molecule has 5 rings (SSSR count). The molecule has 31 heavy (non-hydrogen) atoms. The third kappa shape index (κ3) is 3.41. The largest absolute Gasteiger partial charge is 0.300 e. The molecule has 2 nitrogen and oxygen atoms in total. The maximum atomic E-state index is 12.9. The molecular formula is C28H33IO2. The van der Waals surface area contributed by atoms with Crippen LogP contribution in [0.2, 0.25) is 0 Å². The van der Waals surface area contributed by atoms with Crippen molar-refractivity contribution in [2.75, 3.05) is 0 Å². The van der Waals surface area contributed by atoms with Gasteiger partial charge in [-0.05, 0) is 120 Å². The lowest BCUT2D eigenvalue weighted by Crippen LogP contribution is -2.45. The maximum absolute atomic E-state index is 12.9. The SMILES string of the molecule is CC[C@@H]1CC2C3CCC4=CC(=O)CCC4=C3[C@@H](c3ccc(I)cc3)C[C@]2(C)C1C(C)=O. The molecule has 2 saturated carbocycles. The number of carbonyl (C=O) groups excluding carboxylic acids is 2. The highest BCUT2D eigenvalue weighted by atomic mass is 127. The topological polar surface area (TPSA) is 34.1 Å². The Balaban J connectivity index is 1.68. The summed E-state index contributed by atoms with van der Waals surface area (Å²) in [5, 5.41) is 0. The number of Topliss-reactive ketones (excluding diaryl/α,β-unsaturated/α-hetero) is 1. The number of rotatable bonds is 3. The van der Waals surface area contributed by atoms with Gasteiger partial charge < -0.3 is 0 Å². The van der Waals surface area contributed by atoms with Crippen LogP contribution in [0.1, 0.15) is 77.2 Å². The smallest absolute Gasteiger partial charge is 0.156 e. The number of hydrogen-bond acceptors (Lipinski definition) is 2. The number of ketones is 2. The van der Waals surface area contributed by atoms with Crippen LogP contribution in [-0.4, -0.2) is 11.6 Å². The van der Waals surface area contributed by atoms with Crippen LogP contribution in [0.4, 0.5) is 0 Å².